The minimum atomic E-state index is -0.406. The molecule has 0 aliphatic carbocycles. The van der Waals surface area contributed by atoms with Crippen molar-refractivity contribution < 1.29 is 9.72 Å². The Kier molecular flexibility index (Phi) is 5.33. The predicted molar refractivity (Wildman–Crippen MR) is 83.6 cm³/mol. The number of terminal acetylenes is 1. The van der Waals surface area contributed by atoms with E-state index in [1.165, 1.54) is 12.1 Å². The van der Waals surface area contributed by atoms with E-state index in [1.807, 2.05) is 0 Å². The van der Waals surface area contributed by atoms with Gasteiger partial charge < -0.3 is 10.2 Å². The summed E-state index contributed by atoms with van der Waals surface area (Å²) in [6.45, 7) is 3.68. The van der Waals surface area contributed by atoms with Gasteiger partial charge in [-0.2, -0.15) is 0 Å². The number of anilines is 1. The molecule has 0 saturated carbocycles. The summed E-state index contributed by atoms with van der Waals surface area (Å²) in [7, 11) is 0. The molecule has 1 fully saturated rings. The van der Waals surface area contributed by atoms with Crippen molar-refractivity contribution in [2.75, 3.05) is 44.2 Å². The molecule has 0 bridgehead atoms. The van der Waals surface area contributed by atoms with Gasteiger partial charge in [-0.15, -0.1) is 6.42 Å². The van der Waals surface area contributed by atoms with Crippen molar-refractivity contribution in [2.24, 2.45) is 0 Å². The zero-order valence-corrected chi connectivity index (χ0v) is 12.2. The van der Waals surface area contributed by atoms with Crippen LogP contribution < -0.4 is 10.2 Å². The second-order valence-electron chi connectivity index (χ2n) is 5.02. The fraction of sp³-hybridized carbons (Fsp3) is 0.400. The van der Waals surface area contributed by atoms with E-state index in [0.717, 1.165) is 31.9 Å². The zero-order valence-electron chi connectivity index (χ0n) is 12.2. The van der Waals surface area contributed by atoms with Gasteiger partial charge in [0.25, 0.3) is 5.69 Å². The Morgan fingerprint density at radius 3 is 2.45 bits per heavy atom. The average Bonchev–Trinajstić information content (AvgIpc) is 2.54. The molecular formula is C15H18N4O3. The van der Waals surface area contributed by atoms with Crippen LogP contribution in [0.15, 0.2) is 24.3 Å². The first-order chi connectivity index (χ1) is 10.6. The molecule has 0 unspecified atom stereocenters. The standard InChI is InChI=1S/C15H18N4O3/c1-2-7-16-15(20)12-17-8-10-18(11-9-17)13-3-5-14(6-4-13)19(21)22/h1,3-6H,7-12H2,(H,16,20). The Balaban J connectivity index is 1.83. The number of nitro benzene ring substituents is 1. The molecule has 0 spiro atoms. The van der Waals surface area contributed by atoms with Crippen LogP contribution in [0.2, 0.25) is 0 Å². The molecule has 22 heavy (non-hydrogen) atoms. The number of hydrogen-bond acceptors (Lipinski definition) is 5. The minimum Gasteiger partial charge on any atom is -0.369 e. The first-order valence-corrected chi connectivity index (χ1v) is 7.02. The number of hydrogen-bond donors (Lipinski definition) is 1. The molecule has 0 atom stereocenters. The van der Waals surface area contributed by atoms with E-state index in [4.69, 9.17) is 6.42 Å². The summed E-state index contributed by atoms with van der Waals surface area (Å²) in [6, 6.07) is 6.53. The number of carbonyl (C=O) groups is 1. The highest BCUT2D eigenvalue weighted by Crippen LogP contribution is 2.20. The summed E-state index contributed by atoms with van der Waals surface area (Å²) in [5.74, 6) is 2.30. The van der Waals surface area contributed by atoms with Gasteiger partial charge in [0.1, 0.15) is 0 Å². The van der Waals surface area contributed by atoms with Crippen LogP contribution in [0.1, 0.15) is 0 Å². The van der Waals surface area contributed by atoms with Crippen LogP contribution in [0.3, 0.4) is 0 Å². The van der Waals surface area contributed by atoms with E-state index >= 15 is 0 Å². The lowest BCUT2D eigenvalue weighted by Crippen LogP contribution is -2.49. The van der Waals surface area contributed by atoms with Gasteiger partial charge in [0.05, 0.1) is 18.0 Å². The normalized spacial score (nSPS) is 15.1. The third-order valence-corrected chi connectivity index (χ3v) is 3.55. The fourth-order valence-electron chi connectivity index (χ4n) is 2.36. The van der Waals surface area contributed by atoms with Gasteiger partial charge in [0.15, 0.2) is 0 Å². The van der Waals surface area contributed by atoms with Gasteiger partial charge in [0, 0.05) is 44.0 Å². The lowest BCUT2D eigenvalue weighted by Gasteiger charge is -2.35. The number of nitrogens with one attached hydrogen (secondary N) is 1. The maximum atomic E-state index is 11.6. The topological polar surface area (TPSA) is 78.7 Å². The summed E-state index contributed by atoms with van der Waals surface area (Å²) >= 11 is 0. The molecule has 0 aromatic heterocycles. The molecule has 1 aromatic carbocycles. The third-order valence-electron chi connectivity index (χ3n) is 3.55. The fourth-order valence-corrected chi connectivity index (χ4v) is 2.36. The van der Waals surface area contributed by atoms with Crippen LogP contribution in [0.25, 0.3) is 0 Å². The van der Waals surface area contributed by atoms with Gasteiger partial charge in [-0.1, -0.05) is 5.92 Å². The number of benzene rings is 1. The smallest absolute Gasteiger partial charge is 0.269 e. The first kappa shape index (κ1) is 15.8. The van der Waals surface area contributed by atoms with Crippen LogP contribution in [0.4, 0.5) is 11.4 Å². The monoisotopic (exact) mass is 302 g/mol. The Bertz CT molecular complexity index is 571. The molecule has 1 aliphatic rings. The Morgan fingerprint density at radius 1 is 1.27 bits per heavy atom. The second-order valence-corrected chi connectivity index (χ2v) is 5.02. The zero-order chi connectivity index (χ0) is 15.9. The number of nitro groups is 1. The van der Waals surface area contributed by atoms with E-state index in [9.17, 15) is 14.9 Å². The SMILES string of the molecule is C#CCNC(=O)CN1CCN(c2ccc([N+](=O)[O-])cc2)CC1. The number of piperazine rings is 1. The molecule has 116 valence electrons. The molecule has 7 nitrogen and oxygen atoms in total. The first-order valence-electron chi connectivity index (χ1n) is 7.02. The molecule has 2 rings (SSSR count). The minimum absolute atomic E-state index is 0.0678. The summed E-state index contributed by atoms with van der Waals surface area (Å²) in [5, 5.41) is 13.3. The highest BCUT2D eigenvalue weighted by molar-refractivity contribution is 5.78. The number of nitrogens with zero attached hydrogens (tertiary/aromatic N) is 3. The number of rotatable bonds is 5. The molecule has 1 amide bonds. The van der Waals surface area contributed by atoms with Gasteiger partial charge in [-0.25, -0.2) is 0 Å². The Morgan fingerprint density at radius 2 is 1.91 bits per heavy atom. The molecule has 1 heterocycles. The van der Waals surface area contributed by atoms with E-state index in [1.54, 1.807) is 12.1 Å². The van der Waals surface area contributed by atoms with Crippen LogP contribution in [0, 0.1) is 22.5 Å². The molecule has 7 heteroatoms. The summed E-state index contributed by atoms with van der Waals surface area (Å²) in [4.78, 5) is 26.1. The van der Waals surface area contributed by atoms with E-state index < -0.39 is 4.92 Å². The van der Waals surface area contributed by atoms with Gasteiger partial charge in [0.2, 0.25) is 5.91 Å². The quantitative estimate of drug-likeness (QED) is 0.486. The van der Waals surface area contributed by atoms with Crippen LogP contribution in [-0.4, -0.2) is 55.0 Å². The van der Waals surface area contributed by atoms with Crippen molar-refractivity contribution >= 4 is 17.3 Å². The molecule has 0 radical (unpaired) electrons. The lowest BCUT2D eigenvalue weighted by molar-refractivity contribution is -0.384. The van der Waals surface area contributed by atoms with Crippen molar-refractivity contribution in [3.63, 3.8) is 0 Å². The van der Waals surface area contributed by atoms with Crippen LogP contribution in [-0.2, 0) is 4.79 Å². The number of amides is 1. The summed E-state index contributed by atoms with van der Waals surface area (Å²) in [5.41, 5.74) is 1.05. The predicted octanol–water partition coefficient (Wildman–Crippen LogP) is 0.466. The Labute approximate surface area is 129 Å². The molecule has 1 N–H and O–H groups in total. The molecule has 1 aliphatic heterocycles. The highest BCUT2D eigenvalue weighted by atomic mass is 16.6. The molecule has 1 saturated heterocycles. The maximum absolute atomic E-state index is 11.6. The second kappa shape index (κ2) is 7.43. The summed E-state index contributed by atoms with van der Waals surface area (Å²) < 4.78 is 0. The van der Waals surface area contributed by atoms with E-state index in [2.05, 4.69) is 21.0 Å². The largest absolute Gasteiger partial charge is 0.369 e. The summed E-state index contributed by atoms with van der Waals surface area (Å²) in [6.07, 6.45) is 5.09. The van der Waals surface area contributed by atoms with Gasteiger partial charge >= 0.3 is 0 Å². The van der Waals surface area contributed by atoms with Crippen molar-refractivity contribution in [2.45, 2.75) is 0 Å². The highest BCUT2D eigenvalue weighted by Gasteiger charge is 2.19. The lowest BCUT2D eigenvalue weighted by atomic mass is 10.2. The third kappa shape index (κ3) is 4.20. The molecule has 1 aromatic rings. The van der Waals surface area contributed by atoms with Crippen molar-refractivity contribution in [3.8, 4) is 12.3 Å². The van der Waals surface area contributed by atoms with Crippen molar-refractivity contribution in [1.82, 2.24) is 10.2 Å². The van der Waals surface area contributed by atoms with Crippen molar-refractivity contribution in [3.05, 3.63) is 34.4 Å². The number of non-ortho nitro benzene ring substituents is 1. The maximum Gasteiger partial charge on any atom is 0.269 e. The van der Waals surface area contributed by atoms with Crippen molar-refractivity contribution in [1.29, 1.82) is 0 Å². The van der Waals surface area contributed by atoms with E-state index in [0.29, 0.717) is 6.54 Å². The van der Waals surface area contributed by atoms with Gasteiger partial charge in [-0.05, 0) is 12.1 Å². The van der Waals surface area contributed by atoms with E-state index in [-0.39, 0.29) is 18.1 Å². The van der Waals surface area contributed by atoms with Crippen LogP contribution >= 0.6 is 0 Å². The van der Waals surface area contributed by atoms with Gasteiger partial charge in [-0.3, -0.25) is 19.8 Å². The van der Waals surface area contributed by atoms with Crippen LogP contribution in [0.5, 0.6) is 0 Å². The molecular weight excluding hydrogens is 284 g/mol. The Hall–Kier alpha value is -2.59. The average molecular weight is 302 g/mol. The number of carbonyl (C=O) groups excluding carboxylic acids is 1.